The molecule has 0 spiro atoms. The molecule has 1 atom stereocenters. The molecule has 2 aromatic carbocycles. The summed E-state index contributed by atoms with van der Waals surface area (Å²) >= 11 is 0. The minimum atomic E-state index is -4.52. The molecule has 0 aliphatic heterocycles. The highest BCUT2D eigenvalue weighted by atomic mass is 19.4. The number of carbonyl (C=O) groups excluding carboxylic acids is 2. The normalized spacial score (nSPS) is 14.4. The Labute approximate surface area is 226 Å². The Morgan fingerprint density at radius 3 is 2.33 bits per heavy atom. The van der Waals surface area contributed by atoms with E-state index in [1.807, 2.05) is 13.0 Å². The number of halogens is 3. The highest BCUT2D eigenvalue weighted by molar-refractivity contribution is 5.94. The summed E-state index contributed by atoms with van der Waals surface area (Å²) in [6, 6.07) is 11.9. The van der Waals surface area contributed by atoms with Gasteiger partial charge >= 0.3 is 12.3 Å². The lowest BCUT2D eigenvalue weighted by molar-refractivity contribution is -0.137. The summed E-state index contributed by atoms with van der Waals surface area (Å²) in [5.41, 5.74) is 2.26. The topological polar surface area (TPSA) is 80.3 Å². The Kier molecular flexibility index (Phi) is 7.99. The lowest BCUT2D eigenvalue weighted by Crippen LogP contribution is -2.32. The molecule has 2 amide bonds. The van der Waals surface area contributed by atoms with E-state index >= 15 is 0 Å². The molecule has 0 radical (unpaired) electrons. The number of alkyl carbamates (subject to hydrolysis) is 1. The van der Waals surface area contributed by atoms with Crippen molar-refractivity contribution in [2.75, 3.05) is 0 Å². The maximum absolute atomic E-state index is 13.5. The van der Waals surface area contributed by atoms with Crippen LogP contribution in [0.4, 0.5) is 18.0 Å². The minimum Gasteiger partial charge on any atom is -0.444 e. The molecule has 1 heterocycles. The van der Waals surface area contributed by atoms with Gasteiger partial charge in [-0.05, 0) is 92.5 Å². The van der Waals surface area contributed by atoms with Gasteiger partial charge in [0.15, 0.2) is 0 Å². The van der Waals surface area contributed by atoms with Crippen LogP contribution in [0.1, 0.15) is 85.1 Å². The van der Waals surface area contributed by atoms with Crippen molar-refractivity contribution >= 4 is 12.0 Å². The zero-order chi connectivity index (χ0) is 28.4. The van der Waals surface area contributed by atoms with Crippen LogP contribution in [0, 0.1) is 0 Å². The lowest BCUT2D eigenvalue weighted by Gasteiger charge is -2.20. The monoisotopic (exact) mass is 539 g/mol. The zero-order valence-corrected chi connectivity index (χ0v) is 22.4. The van der Waals surface area contributed by atoms with Gasteiger partial charge in [-0.1, -0.05) is 30.3 Å². The molecule has 1 saturated carbocycles. The molecule has 0 unspecified atom stereocenters. The van der Waals surface area contributed by atoms with E-state index in [9.17, 15) is 22.8 Å². The zero-order valence-electron chi connectivity index (χ0n) is 22.4. The molecule has 0 saturated heterocycles. The molecule has 3 aromatic rings. The number of pyridine rings is 1. The molecule has 1 aliphatic carbocycles. The predicted molar refractivity (Wildman–Crippen MR) is 142 cm³/mol. The van der Waals surface area contributed by atoms with Crippen LogP contribution < -0.4 is 10.6 Å². The Balaban J connectivity index is 1.51. The average Bonchev–Trinajstić information content (AvgIpc) is 3.72. The van der Waals surface area contributed by atoms with Gasteiger partial charge in [-0.25, -0.2) is 4.79 Å². The first-order chi connectivity index (χ1) is 18.3. The molecular formula is C30H32F3N3O3. The van der Waals surface area contributed by atoms with Crippen LogP contribution in [0.15, 0.2) is 60.9 Å². The Morgan fingerprint density at radius 1 is 1.03 bits per heavy atom. The summed E-state index contributed by atoms with van der Waals surface area (Å²) in [5.74, 6) is 0.241. The standard InChI is InChI=1S/C30H32F3N3O3/c1-18(36-27(37)24-13-23(15-34-16-24)20-7-8-20)19-5-9-21(10-6-19)26-14-25(30(31,32)33)12-11-22(26)17-35-28(38)39-29(2,3)4/h5-6,9-16,18,20H,7-8,17H2,1-4H3,(H,35,38)(H,36,37)/t18-/m1/s1. The number of aromatic nitrogens is 1. The van der Waals surface area contributed by atoms with Gasteiger partial charge < -0.3 is 15.4 Å². The van der Waals surface area contributed by atoms with Crippen LogP contribution in [0.5, 0.6) is 0 Å². The SMILES string of the molecule is C[C@@H](NC(=O)c1cncc(C2CC2)c1)c1ccc(-c2cc(C(F)(F)F)ccc2CNC(=O)OC(C)(C)C)cc1. The number of ether oxygens (including phenoxy) is 1. The fourth-order valence-electron chi connectivity index (χ4n) is 4.19. The number of benzene rings is 2. The lowest BCUT2D eigenvalue weighted by atomic mass is 9.95. The minimum absolute atomic E-state index is 0.00937. The fraction of sp³-hybridized carbons (Fsp3) is 0.367. The van der Waals surface area contributed by atoms with E-state index in [-0.39, 0.29) is 18.5 Å². The summed E-state index contributed by atoms with van der Waals surface area (Å²) in [6.45, 7) is 7.01. The molecule has 0 bridgehead atoms. The van der Waals surface area contributed by atoms with Crippen LogP contribution in [0.2, 0.25) is 0 Å². The van der Waals surface area contributed by atoms with Crippen molar-refractivity contribution in [2.24, 2.45) is 0 Å². The second-order valence-electron chi connectivity index (χ2n) is 10.8. The summed E-state index contributed by atoms with van der Waals surface area (Å²) in [6.07, 6.45) is 0.376. The number of hydrogen-bond donors (Lipinski definition) is 2. The third-order valence-electron chi connectivity index (χ3n) is 6.40. The molecular weight excluding hydrogens is 507 g/mol. The Bertz CT molecular complexity index is 1340. The van der Waals surface area contributed by atoms with Crippen molar-refractivity contribution in [1.29, 1.82) is 0 Å². The van der Waals surface area contributed by atoms with E-state index in [0.29, 0.717) is 28.2 Å². The van der Waals surface area contributed by atoms with Crippen molar-refractivity contribution in [1.82, 2.24) is 15.6 Å². The van der Waals surface area contributed by atoms with E-state index in [1.165, 1.54) is 12.3 Å². The van der Waals surface area contributed by atoms with Crippen molar-refractivity contribution in [3.05, 3.63) is 88.7 Å². The van der Waals surface area contributed by atoms with Gasteiger partial charge in [0.1, 0.15) is 5.60 Å². The number of nitrogens with zero attached hydrogens (tertiary/aromatic N) is 1. The van der Waals surface area contributed by atoms with Crippen LogP contribution in [-0.2, 0) is 17.5 Å². The van der Waals surface area contributed by atoms with E-state index in [0.717, 1.165) is 36.1 Å². The molecule has 39 heavy (non-hydrogen) atoms. The number of carbonyl (C=O) groups is 2. The third kappa shape index (κ3) is 7.59. The summed E-state index contributed by atoms with van der Waals surface area (Å²) in [7, 11) is 0. The quantitative estimate of drug-likeness (QED) is 0.334. The van der Waals surface area contributed by atoms with Crippen molar-refractivity contribution in [3.8, 4) is 11.1 Å². The van der Waals surface area contributed by atoms with Gasteiger partial charge in [-0.3, -0.25) is 9.78 Å². The number of alkyl halides is 3. The number of hydrogen-bond acceptors (Lipinski definition) is 4. The van der Waals surface area contributed by atoms with Crippen molar-refractivity contribution in [3.63, 3.8) is 0 Å². The van der Waals surface area contributed by atoms with Gasteiger partial charge in [0.05, 0.1) is 17.2 Å². The molecule has 9 heteroatoms. The number of rotatable bonds is 7. The highest BCUT2D eigenvalue weighted by Gasteiger charge is 2.31. The van der Waals surface area contributed by atoms with Crippen LogP contribution >= 0.6 is 0 Å². The molecule has 4 rings (SSSR count). The summed E-state index contributed by atoms with van der Waals surface area (Å²) in [4.78, 5) is 29.1. The number of amides is 2. The molecule has 1 aliphatic rings. The maximum Gasteiger partial charge on any atom is 0.416 e. The molecule has 1 fully saturated rings. The average molecular weight is 540 g/mol. The van der Waals surface area contributed by atoms with Gasteiger partial charge in [-0.15, -0.1) is 0 Å². The third-order valence-corrected chi connectivity index (χ3v) is 6.40. The van der Waals surface area contributed by atoms with Crippen LogP contribution in [0.25, 0.3) is 11.1 Å². The van der Waals surface area contributed by atoms with Crippen LogP contribution in [0.3, 0.4) is 0 Å². The van der Waals surface area contributed by atoms with Gasteiger partial charge in [-0.2, -0.15) is 13.2 Å². The predicted octanol–water partition coefficient (Wildman–Crippen LogP) is 7.16. The number of nitrogens with one attached hydrogen (secondary N) is 2. The second kappa shape index (κ2) is 11.1. The summed E-state index contributed by atoms with van der Waals surface area (Å²) in [5, 5.41) is 5.57. The smallest absolute Gasteiger partial charge is 0.416 e. The maximum atomic E-state index is 13.5. The fourth-order valence-corrected chi connectivity index (χ4v) is 4.19. The highest BCUT2D eigenvalue weighted by Crippen LogP contribution is 2.40. The first kappa shape index (κ1) is 28.1. The largest absolute Gasteiger partial charge is 0.444 e. The van der Waals surface area contributed by atoms with Gasteiger partial charge in [0.2, 0.25) is 0 Å². The van der Waals surface area contributed by atoms with E-state index in [4.69, 9.17) is 4.74 Å². The van der Waals surface area contributed by atoms with Crippen LogP contribution in [-0.4, -0.2) is 22.6 Å². The Morgan fingerprint density at radius 2 is 1.72 bits per heavy atom. The molecule has 206 valence electrons. The second-order valence-corrected chi connectivity index (χ2v) is 10.8. The molecule has 2 N–H and O–H groups in total. The van der Waals surface area contributed by atoms with E-state index < -0.39 is 23.4 Å². The first-order valence-corrected chi connectivity index (χ1v) is 12.8. The summed E-state index contributed by atoms with van der Waals surface area (Å²) < 4.78 is 45.7. The first-order valence-electron chi connectivity index (χ1n) is 12.8. The van der Waals surface area contributed by atoms with E-state index in [2.05, 4.69) is 15.6 Å². The van der Waals surface area contributed by atoms with E-state index in [1.54, 1.807) is 51.2 Å². The molecule has 1 aromatic heterocycles. The van der Waals surface area contributed by atoms with Crippen molar-refractivity contribution < 1.29 is 27.5 Å². The van der Waals surface area contributed by atoms with Gasteiger partial charge in [0, 0.05) is 18.9 Å². The molecule has 6 nitrogen and oxygen atoms in total. The van der Waals surface area contributed by atoms with Gasteiger partial charge in [0.25, 0.3) is 5.91 Å². The van der Waals surface area contributed by atoms with Crippen molar-refractivity contribution in [2.45, 2.75) is 70.8 Å². The Hall–Kier alpha value is -3.88.